The van der Waals surface area contributed by atoms with Crippen LogP contribution in [0.15, 0.2) is 30.3 Å². The largest absolute Gasteiger partial charge is 0.394 e. The van der Waals surface area contributed by atoms with E-state index in [0.717, 1.165) is 37.7 Å². The van der Waals surface area contributed by atoms with Crippen LogP contribution in [0.1, 0.15) is 44.6 Å². The van der Waals surface area contributed by atoms with Crippen LogP contribution in [0, 0.1) is 11.8 Å². The maximum atomic E-state index is 13.9. The van der Waals surface area contributed by atoms with Gasteiger partial charge in [-0.15, -0.1) is 11.8 Å². The molecule has 3 heterocycles. The molecule has 1 spiro atoms. The smallest absolute Gasteiger partial charge is 0.244 e. The Morgan fingerprint density at radius 3 is 2.67 bits per heavy atom. The molecule has 0 aliphatic carbocycles. The summed E-state index contributed by atoms with van der Waals surface area (Å²) in [6, 6.07) is 8.53. The molecule has 3 saturated heterocycles. The lowest BCUT2D eigenvalue weighted by molar-refractivity contribution is -0.142. The average molecular weight is 474 g/mol. The highest BCUT2D eigenvalue weighted by Gasteiger charge is 2.74. The zero-order valence-electron chi connectivity index (χ0n) is 19.5. The molecule has 3 N–H and O–H groups in total. The molecular formula is C25H35N3O4S. The monoisotopic (exact) mass is 473 g/mol. The van der Waals surface area contributed by atoms with Crippen molar-refractivity contribution in [2.24, 2.45) is 11.8 Å². The Morgan fingerprint density at radius 1 is 1.24 bits per heavy atom. The number of carbonyl (C=O) groups is 3. The Bertz CT molecular complexity index is 882. The van der Waals surface area contributed by atoms with Gasteiger partial charge in [0, 0.05) is 18.8 Å². The fourth-order valence-electron chi connectivity index (χ4n) is 6.07. The van der Waals surface area contributed by atoms with E-state index < -0.39 is 28.7 Å². The summed E-state index contributed by atoms with van der Waals surface area (Å²) in [5, 5.41) is 16.2. The predicted molar refractivity (Wildman–Crippen MR) is 129 cm³/mol. The SMILES string of the molecule is CCCCCNC(=O)C1N([C@@H](CO)Cc2ccccc2)C(=O)[C@@H]2[C@@H](C(=O)NC)[C@H]3CCC12S3. The van der Waals surface area contributed by atoms with Crippen LogP contribution in [0.4, 0.5) is 0 Å². The standard InChI is InChI=1S/C25H35N3O4S/c1-3-4-8-13-27-23(31)21-25-12-11-18(33-25)19(22(30)26-2)20(25)24(32)28(21)17(15-29)14-16-9-6-5-7-10-16/h5-7,9-10,17-21,29H,3-4,8,11-15H2,1-2H3,(H,26,30)(H,27,31)/t17-,18-,19+,20+,21?,25?/m1/s1. The summed E-state index contributed by atoms with van der Waals surface area (Å²) in [6.07, 6.45) is 5.00. The number of unbranched alkanes of at least 4 members (excludes halogenated alkanes) is 2. The van der Waals surface area contributed by atoms with Crippen molar-refractivity contribution < 1.29 is 19.5 Å². The first-order valence-electron chi connectivity index (χ1n) is 12.1. The van der Waals surface area contributed by atoms with E-state index in [0.29, 0.717) is 13.0 Å². The van der Waals surface area contributed by atoms with Gasteiger partial charge in [0.15, 0.2) is 0 Å². The van der Waals surface area contributed by atoms with Crippen molar-refractivity contribution in [2.75, 3.05) is 20.2 Å². The highest BCUT2D eigenvalue weighted by Crippen LogP contribution is 2.66. The summed E-state index contributed by atoms with van der Waals surface area (Å²) in [4.78, 5) is 42.0. The van der Waals surface area contributed by atoms with Gasteiger partial charge >= 0.3 is 0 Å². The number of benzene rings is 1. The van der Waals surface area contributed by atoms with Crippen molar-refractivity contribution >= 4 is 29.5 Å². The van der Waals surface area contributed by atoms with Crippen molar-refractivity contribution in [1.29, 1.82) is 0 Å². The quantitative estimate of drug-likeness (QED) is 0.450. The Kier molecular flexibility index (Phi) is 7.34. The van der Waals surface area contributed by atoms with E-state index in [2.05, 4.69) is 17.6 Å². The Labute approximate surface area is 200 Å². The van der Waals surface area contributed by atoms with Crippen LogP contribution in [0.2, 0.25) is 0 Å². The number of aliphatic hydroxyl groups excluding tert-OH is 1. The van der Waals surface area contributed by atoms with Gasteiger partial charge in [0.25, 0.3) is 0 Å². The van der Waals surface area contributed by atoms with Gasteiger partial charge in [-0.05, 0) is 31.2 Å². The highest BCUT2D eigenvalue weighted by molar-refractivity contribution is 8.02. The van der Waals surface area contributed by atoms with Gasteiger partial charge in [-0.25, -0.2) is 0 Å². The van der Waals surface area contributed by atoms with E-state index in [1.807, 2.05) is 30.3 Å². The number of nitrogens with zero attached hydrogens (tertiary/aromatic N) is 1. The number of amides is 3. The molecule has 0 aromatic heterocycles. The molecule has 2 bridgehead atoms. The summed E-state index contributed by atoms with van der Waals surface area (Å²) < 4.78 is -0.613. The topological polar surface area (TPSA) is 98.7 Å². The number of rotatable bonds is 10. The summed E-state index contributed by atoms with van der Waals surface area (Å²) in [5.41, 5.74) is 1.00. The van der Waals surface area contributed by atoms with E-state index in [1.165, 1.54) is 0 Å². The molecule has 3 amide bonds. The van der Waals surface area contributed by atoms with Crippen LogP contribution < -0.4 is 10.6 Å². The van der Waals surface area contributed by atoms with Crippen LogP contribution in [0.25, 0.3) is 0 Å². The minimum atomic E-state index is -0.679. The summed E-state index contributed by atoms with van der Waals surface area (Å²) >= 11 is 1.66. The molecule has 1 aromatic rings. The van der Waals surface area contributed by atoms with Crippen LogP contribution in [-0.4, -0.2) is 70.0 Å². The summed E-state index contributed by atoms with van der Waals surface area (Å²) in [5.74, 6) is -1.41. The van der Waals surface area contributed by atoms with Crippen LogP contribution in [0.3, 0.4) is 0 Å². The highest BCUT2D eigenvalue weighted by atomic mass is 32.2. The number of thioether (sulfide) groups is 1. The van der Waals surface area contributed by atoms with Crippen LogP contribution in [-0.2, 0) is 20.8 Å². The number of carbonyl (C=O) groups excluding carboxylic acids is 3. The van der Waals surface area contributed by atoms with Crippen molar-refractivity contribution in [2.45, 2.75) is 67.5 Å². The van der Waals surface area contributed by atoms with Gasteiger partial charge in [0.2, 0.25) is 17.7 Å². The van der Waals surface area contributed by atoms with Crippen molar-refractivity contribution in [3.8, 4) is 0 Å². The molecule has 0 saturated carbocycles. The van der Waals surface area contributed by atoms with E-state index >= 15 is 0 Å². The number of likely N-dealkylation sites (tertiary alicyclic amines) is 1. The predicted octanol–water partition coefficient (Wildman–Crippen LogP) is 1.73. The molecule has 1 aromatic carbocycles. The molecular weight excluding hydrogens is 438 g/mol. The van der Waals surface area contributed by atoms with E-state index in [4.69, 9.17) is 0 Å². The molecule has 180 valence electrons. The first-order valence-corrected chi connectivity index (χ1v) is 13.0. The maximum Gasteiger partial charge on any atom is 0.244 e. The third-order valence-corrected chi connectivity index (χ3v) is 9.49. The van der Waals surface area contributed by atoms with Crippen LogP contribution >= 0.6 is 11.8 Å². The zero-order valence-corrected chi connectivity index (χ0v) is 20.3. The number of nitrogens with one attached hydrogen (secondary N) is 2. The van der Waals surface area contributed by atoms with Crippen molar-refractivity contribution in [3.05, 3.63) is 35.9 Å². The van der Waals surface area contributed by atoms with Gasteiger partial charge in [-0.2, -0.15) is 0 Å². The summed E-state index contributed by atoms with van der Waals surface area (Å²) in [6.45, 7) is 2.45. The van der Waals surface area contributed by atoms with Gasteiger partial charge < -0.3 is 20.6 Å². The Hall–Kier alpha value is -2.06. The van der Waals surface area contributed by atoms with Crippen molar-refractivity contribution in [3.63, 3.8) is 0 Å². The van der Waals surface area contributed by atoms with Gasteiger partial charge in [-0.3, -0.25) is 14.4 Å². The lowest BCUT2D eigenvalue weighted by Crippen LogP contribution is -2.57. The fraction of sp³-hybridized carbons (Fsp3) is 0.640. The molecule has 3 aliphatic rings. The second kappa shape index (κ2) is 10.1. The molecule has 7 nitrogen and oxygen atoms in total. The molecule has 33 heavy (non-hydrogen) atoms. The minimum Gasteiger partial charge on any atom is -0.394 e. The number of fused-ring (bicyclic) bond motifs is 1. The second-order valence-corrected chi connectivity index (χ2v) is 11.0. The normalized spacial score (nSPS) is 30.9. The average Bonchev–Trinajstić information content (AvgIpc) is 3.48. The fourth-order valence-corrected chi connectivity index (χ4v) is 8.28. The van der Waals surface area contributed by atoms with Gasteiger partial charge in [0.05, 0.1) is 29.2 Å². The Morgan fingerprint density at radius 2 is 2.00 bits per heavy atom. The lowest BCUT2D eigenvalue weighted by Gasteiger charge is -2.37. The van der Waals surface area contributed by atoms with Crippen LogP contribution in [0.5, 0.6) is 0 Å². The maximum absolute atomic E-state index is 13.9. The van der Waals surface area contributed by atoms with Gasteiger partial charge in [-0.1, -0.05) is 50.1 Å². The number of hydrogen-bond donors (Lipinski definition) is 3. The molecule has 8 heteroatoms. The Balaban J connectivity index is 1.68. The molecule has 3 aliphatic heterocycles. The number of aliphatic hydroxyl groups is 1. The van der Waals surface area contributed by atoms with Crippen molar-refractivity contribution in [1.82, 2.24) is 15.5 Å². The summed E-state index contributed by atoms with van der Waals surface area (Å²) in [7, 11) is 1.60. The minimum absolute atomic E-state index is 0.0538. The first-order chi connectivity index (χ1) is 16.0. The van der Waals surface area contributed by atoms with E-state index in [9.17, 15) is 19.5 Å². The molecule has 4 rings (SSSR count). The molecule has 2 unspecified atom stereocenters. The molecule has 3 fully saturated rings. The second-order valence-electron chi connectivity index (χ2n) is 9.44. The van der Waals surface area contributed by atoms with Gasteiger partial charge in [0.1, 0.15) is 6.04 Å². The molecule has 6 atom stereocenters. The third-order valence-electron chi connectivity index (χ3n) is 7.53. The number of hydrogen-bond acceptors (Lipinski definition) is 5. The third kappa shape index (κ3) is 4.16. The van der Waals surface area contributed by atoms with E-state index in [1.54, 1.807) is 23.7 Å². The van der Waals surface area contributed by atoms with E-state index in [-0.39, 0.29) is 29.6 Å². The molecule has 0 radical (unpaired) electrons. The lowest BCUT2D eigenvalue weighted by atomic mass is 9.71. The zero-order chi connectivity index (χ0) is 23.6. The first kappa shape index (κ1) is 24.1.